The Labute approximate surface area is 180 Å². The highest BCUT2D eigenvalue weighted by Gasteiger charge is 2.15. The van der Waals surface area contributed by atoms with E-state index in [2.05, 4.69) is 15.6 Å². The molecule has 0 spiro atoms. The summed E-state index contributed by atoms with van der Waals surface area (Å²) in [5.74, 6) is 2.46. The predicted molar refractivity (Wildman–Crippen MR) is 121 cm³/mol. The van der Waals surface area contributed by atoms with Crippen molar-refractivity contribution in [3.8, 4) is 0 Å². The zero-order valence-electron chi connectivity index (χ0n) is 17.6. The van der Waals surface area contributed by atoms with E-state index in [1.54, 1.807) is 7.05 Å². The van der Waals surface area contributed by atoms with Gasteiger partial charge in [0.1, 0.15) is 17.1 Å². The van der Waals surface area contributed by atoms with Crippen LogP contribution in [0.25, 0.3) is 0 Å². The van der Waals surface area contributed by atoms with E-state index in [1.807, 2.05) is 46.8 Å². The quantitative estimate of drug-likeness (QED) is 0.171. The summed E-state index contributed by atoms with van der Waals surface area (Å²) in [6.07, 6.45) is 4.49. The van der Waals surface area contributed by atoms with Crippen molar-refractivity contribution in [2.45, 2.75) is 78.4 Å². The van der Waals surface area contributed by atoms with Crippen molar-refractivity contribution in [3.63, 3.8) is 0 Å². The predicted octanol–water partition coefficient (Wildman–Crippen LogP) is 4.72. The number of guanidine groups is 1. The van der Waals surface area contributed by atoms with E-state index in [0.717, 1.165) is 49.7 Å². The lowest BCUT2D eigenvalue weighted by atomic mass is 10.1. The fourth-order valence-corrected chi connectivity index (χ4v) is 2.50. The van der Waals surface area contributed by atoms with Gasteiger partial charge in [-0.15, -0.1) is 24.0 Å². The molecule has 0 saturated heterocycles. The number of carbonyl (C=O) groups excluding carboxylic acids is 1. The van der Waals surface area contributed by atoms with Gasteiger partial charge in [0, 0.05) is 20.0 Å². The lowest BCUT2D eigenvalue weighted by Crippen LogP contribution is -2.39. The van der Waals surface area contributed by atoms with Crippen LogP contribution in [-0.2, 0) is 9.53 Å². The molecule has 0 saturated carbocycles. The van der Waals surface area contributed by atoms with Gasteiger partial charge in [-0.2, -0.15) is 0 Å². The molecular weight excluding hydrogens is 457 g/mol. The number of rotatable bonds is 9. The number of hydrogen-bond acceptors (Lipinski definition) is 4. The van der Waals surface area contributed by atoms with Gasteiger partial charge in [-0.25, -0.2) is 0 Å². The minimum absolute atomic E-state index is 0. The van der Waals surface area contributed by atoms with Crippen LogP contribution in [0.2, 0.25) is 0 Å². The Balaban J connectivity index is 0.00000676. The van der Waals surface area contributed by atoms with E-state index >= 15 is 0 Å². The molecule has 156 valence electrons. The fraction of sp³-hybridized carbons (Fsp3) is 0.700. The van der Waals surface area contributed by atoms with Gasteiger partial charge in [-0.3, -0.25) is 9.79 Å². The molecule has 27 heavy (non-hydrogen) atoms. The zero-order valence-corrected chi connectivity index (χ0v) is 19.9. The summed E-state index contributed by atoms with van der Waals surface area (Å²) in [5, 5.41) is 6.63. The Bertz CT molecular complexity index is 579. The summed E-state index contributed by atoms with van der Waals surface area (Å²) in [6.45, 7) is 10.5. The largest absolute Gasteiger partial charge is 0.464 e. The zero-order chi connectivity index (χ0) is 19.6. The van der Waals surface area contributed by atoms with Crippen LogP contribution < -0.4 is 10.6 Å². The molecule has 6 nitrogen and oxygen atoms in total. The van der Waals surface area contributed by atoms with E-state index in [-0.39, 0.29) is 36.0 Å². The van der Waals surface area contributed by atoms with Crippen molar-refractivity contribution in [2.24, 2.45) is 4.99 Å². The second-order valence-electron chi connectivity index (χ2n) is 7.56. The number of carbonyl (C=O) groups is 1. The summed E-state index contributed by atoms with van der Waals surface area (Å²) in [5.41, 5.74) is -0.393. The summed E-state index contributed by atoms with van der Waals surface area (Å²) in [4.78, 5) is 15.9. The lowest BCUT2D eigenvalue weighted by molar-refractivity contribution is -0.154. The molecule has 1 heterocycles. The van der Waals surface area contributed by atoms with Crippen molar-refractivity contribution in [1.82, 2.24) is 10.6 Å². The first-order chi connectivity index (χ1) is 12.2. The maximum absolute atomic E-state index is 11.6. The van der Waals surface area contributed by atoms with Gasteiger partial charge in [0.25, 0.3) is 0 Å². The van der Waals surface area contributed by atoms with Gasteiger partial charge in [-0.05, 0) is 59.6 Å². The highest BCUT2D eigenvalue weighted by Crippen LogP contribution is 2.15. The third kappa shape index (κ3) is 11.9. The fourth-order valence-electron chi connectivity index (χ4n) is 2.50. The maximum Gasteiger partial charge on any atom is 0.306 e. The van der Waals surface area contributed by atoms with Crippen LogP contribution in [0.5, 0.6) is 0 Å². The summed E-state index contributed by atoms with van der Waals surface area (Å²) in [7, 11) is 1.76. The van der Waals surface area contributed by atoms with E-state index < -0.39 is 5.60 Å². The van der Waals surface area contributed by atoms with E-state index in [4.69, 9.17) is 9.15 Å². The molecule has 0 aliphatic carbocycles. The second kappa shape index (κ2) is 13.0. The molecule has 0 fully saturated rings. The van der Waals surface area contributed by atoms with Crippen LogP contribution in [0.1, 0.15) is 77.4 Å². The second-order valence-corrected chi connectivity index (χ2v) is 7.56. The molecule has 2 N–H and O–H groups in total. The number of nitrogens with one attached hydrogen (secondary N) is 2. The molecule has 1 aromatic rings. The minimum Gasteiger partial charge on any atom is -0.464 e. The highest BCUT2D eigenvalue weighted by molar-refractivity contribution is 14.0. The number of hydrogen-bond donors (Lipinski definition) is 2. The molecule has 1 rings (SSSR count). The standard InChI is InChI=1S/C20H35N3O3.HI/c1-15-12-13-17(25-15)16(2)23-19(21-6)22-14-10-8-7-9-11-18(24)26-20(3,4)5;/h12-13,16H,7-11,14H2,1-6H3,(H2,21,22,23);1H. The van der Waals surface area contributed by atoms with Crippen LogP contribution in [-0.4, -0.2) is 31.1 Å². The minimum atomic E-state index is -0.393. The Morgan fingerprint density at radius 3 is 2.44 bits per heavy atom. The number of esters is 1. The van der Waals surface area contributed by atoms with Gasteiger partial charge in [-0.1, -0.05) is 12.8 Å². The van der Waals surface area contributed by atoms with E-state index in [9.17, 15) is 4.79 Å². The molecular formula is C20H36IN3O3. The SMILES string of the molecule is CN=C(NCCCCCCC(=O)OC(C)(C)C)NC(C)c1ccc(C)o1.I. The molecule has 0 aliphatic heterocycles. The van der Waals surface area contributed by atoms with E-state index in [0.29, 0.717) is 6.42 Å². The van der Waals surface area contributed by atoms with Gasteiger partial charge < -0.3 is 19.8 Å². The molecule has 7 heteroatoms. The van der Waals surface area contributed by atoms with E-state index in [1.165, 1.54) is 0 Å². The topological polar surface area (TPSA) is 75.9 Å². The molecule has 1 unspecified atom stereocenters. The third-order valence-electron chi connectivity index (χ3n) is 3.78. The van der Waals surface area contributed by atoms with Crippen LogP contribution in [0.3, 0.4) is 0 Å². The van der Waals surface area contributed by atoms with Crippen LogP contribution >= 0.6 is 24.0 Å². The average Bonchev–Trinajstić information content (AvgIpc) is 2.97. The number of furan rings is 1. The normalized spacial score (nSPS) is 12.9. The van der Waals surface area contributed by atoms with Crippen LogP contribution in [0, 0.1) is 6.92 Å². The van der Waals surface area contributed by atoms with Crippen molar-refractivity contribution in [2.75, 3.05) is 13.6 Å². The molecule has 0 radical (unpaired) electrons. The molecule has 1 atom stereocenters. The Morgan fingerprint density at radius 1 is 1.22 bits per heavy atom. The number of aryl methyl sites for hydroxylation is 1. The number of halogens is 1. The smallest absolute Gasteiger partial charge is 0.306 e. The number of unbranched alkanes of at least 4 members (excludes halogenated alkanes) is 3. The monoisotopic (exact) mass is 493 g/mol. The number of nitrogens with zero attached hydrogens (tertiary/aromatic N) is 1. The Hall–Kier alpha value is -1.25. The molecule has 0 aliphatic rings. The first kappa shape index (κ1) is 25.8. The van der Waals surface area contributed by atoms with Crippen LogP contribution in [0.4, 0.5) is 0 Å². The van der Waals surface area contributed by atoms with Gasteiger partial charge in [0.2, 0.25) is 0 Å². The molecule has 0 amide bonds. The molecule has 0 bridgehead atoms. The molecule has 0 aromatic carbocycles. The lowest BCUT2D eigenvalue weighted by Gasteiger charge is -2.19. The summed E-state index contributed by atoms with van der Waals surface area (Å²) in [6, 6.07) is 4.00. The number of aliphatic imine (C=N–C) groups is 1. The highest BCUT2D eigenvalue weighted by atomic mass is 127. The third-order valence-corrected chi connectivity index (χ3v) is 3.78. The first-order valence-electron chi connectivity index (χ1n) is 9.46. The van der Waals surface area contributed by atoms with Gasteiger partial charge >= 0.3 is 5.97 Å². The summed E-state index contributed by atoms with van der Waals surface area (Å²) >= 11 is 0. The Morgan fingerprint density at radius 2 is 1.89 bits per heavy atom. The number of ether oxygens (including phenoxy) is 1. The first-order valence-corrected chi connectivity index (χ1v) is 9.46. The van der Waals surface area contributed by atoms with Crippen molar-refractivity contribution in [3.05, 3.63) is 23.7 Å². The van der Waals surface area contributed by atoms with Crippen LogP contribution in [0.15, 0.2) is 21.5 Å². The maximum atomic E-state index is 11.6. The van der Waals surface area contributed by atoms with Gasteiger partial charge in [0.05, 0.1) is 6.04 Å². The average molecular weight is 493 g/mol. The summed E-state index contributed by atoms with van der Waals surface area (Å²) < 4.78 is 10.9. The van der Waals surface area contributed by atoms with Crippen molar-refractivity contribution in [1.29, 1.82) is 0 Å². The van der Waals surface area contributed by atoms with Crippen molar-refractivity contribution < 1.29 is 13.9 Å². The van der Waals surface area contributed by atoms with Crippen molar-refractivity contribution >= 4 is 35.9 Å². The van der Waals surface area contributed by atoms with Gasteiger partial charge in [0.15, 0.2) is 5.96 Å². The molecule has 1 aromatic heterocycles. The Kier molecular flexibility index (Phi) is 12.4.